The van der Waals surface area contributed by atoms with Crippen LogP contribution in [-0.2, 0) is 0 Å². The van der Waals surface area contributed by atoms with Crippen molar-refractivity contribution < 1.29 is 0 Å². The van der Waals surface area contributed by atoms with E-state index in [0.717, 1.165) is 28.0 Å². The summed E-state index contributed by atoms with van der Waals surface area (Å²) in [5.41, 5.74) is 1.16. The Bertz CT molecular complexity index is 350. The first-order valence-corrected chi connectivity index (χ1v) is 6.77. The van der Waals surface area contributed by atoms with Gasteiger partial charge in [-0.2, -0.15) is 0 Å². The largest absolute Gasteiger partial charge is 0.373 e. The summed E-state index contributed by atoms with van der Waals surface area (Å²) >= 11 is 1.82. The third-order valence-electron chi connectivity index (χ3n) is 2.31. The normalized spacial score (nSPS) is 10.9. The molecule has 0 bridgehead atoms. The number of rotatable bonds is 5. The Morgan fingerprint density at radius 3 is 2.50 bits per heavy atom. The molecule has 0 aromatic carbocycles. The van der Waals surface area contributed by atoms with E-state index in [1.807, 2.05) is 18.8 Å². The van der Waals surface area contributed by atoms with Crippen molar-refractivity contribution >= 4 is 17.6 Å². The van der Waals surface area contributed by atoms with Gasteiger partial charge in [-0.3, -0.25) is 0 Å². The van der Waals surface area contributed by atoms with Gasteiger partial charge in [-0.25, -0.2) is 9.97 Å². The topological polar surface area (TPSA) is 37.8 Å². The molecule has 0 aliphatic heterocycles. The molecule has 4 heteroatoms. The van der Waals surface area contributed by atoms with Gasteiger partial charge in [0, 0.05) is 18.5 Å². The Kier molecular flexibility index (Phi) is 5.06. The summed E-state index contributed by atoms with van der Waals surface area (Å²) in [6, 6.07) is 0. The standard InChI is InChI=1S/C12H21N3S/c1-6-7-16-12-9(4)11(13-5)14-10(15-12)8(2)3/h8H,6-7H2,1-5H3,(H,13,14,15). The number of anilines is 1. The highest BCUT2D eigenvalue weighted by atomic mass is 32.2. The minimum absolute atomic E-state index is 0.369. The Hall–Kier alpha value is -0.770. The molecule has 1 rings (SSSR count). The number of hydrogen-bond acceptors (Lipinski definition) is 4. The fourth-order valence-electron chi connectivity index (χ4n) is 1.35. The molecule has 90 valence electrons. The zero-order valence-electron chi connectivity index (χ0n) is 10.8. The molecule has 3 nitrogen and oxygen atoms in total. The first-order valence-electron chi connectivity index (χ1n) is 5.79. The van der Waals surface area contributed by atoms with Gasteiger partial charge in [-0.05, 0) is 19.1 Å². The van der Waals surface area contributed by atoms with Crippen molar-refractivity contribution in [1.82, 2.24) is 9.97 Å². The lowest BCUT2D eigenvalue weighted by molar-refractivity contribution is 0.749. The van der Waals surface area contributed by atoms with Crippen molar-refractivity contribution in [2.24, 2.45) is 0 Å². The number of nitrogens with zero attached hydrogens (tertiary/aromatic N) is 2. The quantitative estimate of drug-likeness (QED) is 0.631. The molecule has 0 amide bonds. The fourth-order valence-corrected chi connectivity index (χ4v) is 2.22. The van der Waals surface area contributed by atoms with Gasteiger partial charge >= 0.3 is 0 Å². The van der Waals surface area contributed by atoms with E-state index in [4.69, 9.17) is 0 Å². The van der Waals surface area contributed by atoms with Gasteiger partial charge in [0.15, 0.2) is 0 Å². The summed E-state index contributed by atoms with van der Waals surface area (Å²) in [6.45, 7) is 8.51. The predicted molar refractivity (Wildman–Crippen MR) is 71.4 cm³/mol. The molecule has 16 heavy (non-hydrogen) atoms. The van der Waals surface area contributed by atoms with Crippen LogP contribution in [0.3, 0.4) is 0 Å². The van der Waals surface area contributed by atoms with Crippen LogP contribution in [0.2, 0.25) is 0 Å². The van der Waals surface area contributed by atoms with E-state index in [2.05, 4.69) is 43.0 Å². The Labute approximate surface area is 102 Å². The van der Waals surface area contributed by atoms with Gasteiger partial charge in [-0.1, -0.05) is 20.8 Å². The Balaban J connectivity index is 3.08. The van der Waals surface area contributed by atoms with E-state index >= 15 is 0 Å². The van der Waals surface area contributed by atoms with Gasteiger partial charge in [0.2, 0.25) is 0 Å². The number of nitrogens with one attached hydrogen (secondary N) is 1. The highest BCUT2D eigenvalue weighted by Crippen LogP contribution is 2.27. The summed E-state index contributed by atoms with van der Waals surface area (Å²) in [6.07, 6.45) is 1.17. The zero-order valence-corrected chi connectivity index (χ0v) is 11.6. The maximum Gasteiger partial charge on any atom is 0.134 e. The third-order valence-corrected chi connectivity index (χ3v) is 3.60. The fraction of sp³-hybridized carbons (Fsp3) is 0.667. The molecule has 1 N–H and O–H groups in total. The summed E-state index contributed by atoms with van der Waals surface area (Å²) in [7, 11) is 1.91. The summed E-state index contributed by atoms with van der Waals surface area (Å²) in [4.78, 5) is 9.15. The molecular formula is C12H21N3S. The monoisotopic (exact) mass is 239 g/mol. The van der Waals surface area contributed by atoms with Crippen LogP contribution in [0, 0.1) is 6.92 Å². The lowest BCUT2D eigenvalue weighted by atomic mass is 10.2. The van der Waals surface area contributed by atoms with Crippen LogP contribution >= 0.6 is 11.8 Å². The number of hydrogen-bond donors (Lipinski definition) is 1. The lowest BCUT2D eigenvalue weighted by Crippen LogP contribution is -2.06. The lowest BCUT2D eigenvalue weighted by Gasteiger charge is -2.13. The molecule has 1 aromatic rings. The molecule has 0 unspecified atom stereocenters. The average Bonchev–Trinajstić information content (AvgIpc) is 2.27. The maximum atomic E-state index is 4.63. The third kappa shape index (κ3) is 3.11. The molecule has 0 saturated carbocycles. The molecule has 0 fully saturated rings. The van der Waals surface area contributed by atoms with Crippen molar-refractivity contribution in [2.45, 2.75) is 45.1 Å². The van der Waals surface area contributed by atoms with E-state index in [-0.39, 0.29) is 0 Å². The van der Waals surface area contributed by atoms with Crippen molar-refractivity contribution in [1.29, 1.82) is 0 Å². The van der Waals surface area contributed by atoms with E-state index in [0.29, 0.717) is 5.92 Å². The van der Waals surface area contributed by atoms with Gasteiger partial charge in [0.05, 0.1) is 0 Å². The highest BCUT2D eigenvalue weighted by molar-refractivity contribution is 7.99. The smallest absolute Gasteiger partial charge is 0.134 e. The Morgan fingerprint density at radius 1 is 1.31 bits per heavy atom. The van der Waals surface area contributed by atoms with Crippen LogP contribution in [0.15, 0.2) is 5.03 Å². The highest BCUT2D eigenvalue weighted by Gasteiger charge is 2.12. The molecule has 0 spiro atoms. The number of aromatic nitrogens is 2. The van der Waals surface area contributed by atoms with Crippen LogP contribution in [0.5, 0.6) is 0 Å². The molecule has 0 radical (unpaired) electrons. The first-order chi connectivity index (χ1) is 7.60. The summed E-state index contributed by atoms with van der Waals surface area (Å²) in [5.74, 6) is 3.36. The minimum atomic E-state index is 0.369. The molecule has 1 aromatic heterocycles. The molecule has 0 atom stereocenters. The Morgan fingerprint density at radius 2 is 2.00 bits per heavy atom. The zero-order chi connectivity index (χ0) is 12.1. The summed E-state index contributed by atoms with van der Waals surface area (Å²) < 4.78 is 0. The first kappa shape index (κ1) is 13.3. The second-order valence-corrected chi connectivity index (χ2v) is 5.20. The van der Waals surface area contributed by atoms with Crippen molar-refractivity contribution in [2.75, 3.05) is 18.1 Å². The van der Waals surface area contributed by atoms with Crippen LogP contribution < -0.4 is 5.32 Å². The van der Waals surface area contributed by atoms with E-state index in [9.17, 15) is 0 Å². The van der Waals surface area contributed by atoms with Gasteiger partial charge < -0.3 is 5.32 Å². The van der Waals surface area contributed by atoms with Crippen LogP contribution in [0.4, 0.5) is 5.82 Å². The van der Waals surface area contributed by atoms with E-state index < -0.39 is 0 Å². The van der Waals surface area contributed by atoms with Gasteiger partial charge in [-0.15, -0.1) is 11.8 Å². The van der Waals surface area contributed by atoms with Crippen molar-refractivity contribution in [3.05, 3.63) is 11.4 Å². The maximum absolute atomic E-state index is 4.63. The van der Waals surface area contributed by atoms with Crippen molar-refractivity contribution in [3.63, 3.8) is 0 Å². The van der Waals surface area contributed by atoms with E-state index in [1.54, 1.807) is 0 Å². The molecule has 1 heterocycles. The van der Waals surface area contributed by atoms with Crippen molar-refractivity contribution in [3.8, 4) is 0 Å². The van der Waals surface area contributed by atoms with Crippen LogP contribution in [-0.4, -0.2) is 22.8 Å². The van der Waals surface area contributed by atoms with Crippen LogP contribution in [0.25, 0.3) is 0 Å². The second-order valence-electron chi connectivity index (χ2n) is 4.11. The summed E-state index contributed by atoms with van der Waals surface area (Å²) in [5, 5.41) is 4.26. The number of thioether (sulfide) groups is 1. The SMILES string of the molecule is CCCSc1nc(C(C)C)nc(NC)c1C. The van der Waals surface area contributed by atoms with E-state index in [1.165, 1.54) is 6.42 Å². The molecular weight excluding hydrogens is 218 g/mol. The predicted octanol–water partition coefficient (Wildman–Crippen LogP) is 3.45. The van der Waals surface area contributed by atoms with Crippen LogP contribution in [0.1, 0.15) is 44.5 Å². The van der Waals surface area contributed by atoms with Gasteiger partial charge in [0.1, 0.15) is 16.7 Å². The molecule has 0 saturated heterocycles. The second kappa shape index (κ2) is 6.09. The van der Waals surface area contributed by atoms with Gasteiger partial charge in [0.25, 0.3) is 0 Å². The minimum Gasteiger partial charge on any atom is -0.373 e. The molecule has 0 aliphatic rings. The molecule has 0 aliphatic carbocycles. The average molecular weight is 239 g/mol.